The molecule has 1 aliphatic carbocycles. The number of rotatable bonds is 7. The van der Waals surface area contributed by atoms with E-state index in [-0.39, 0.29) is 11.9 Å². The molecule has 1 unspecified atom stereocenters. The van der Waals surface area contributed by atoms with Gasteiger partial charge in [0.1, 0.15) is 5.82 Å². The van der Waals surface area contributed by atoms with Gasteiger partial charge in [0.05, 0.1) is 4.47 Å². The lowest BCUT2D eigenvalue weighted by molar-refractivity contribution is 0.193. The molecule has 0 aromatic heterocycles. The summed E-state index contributed by atoms with van der Waals surface area (Å²) < 4.78 is 14.2. The van der Waals surface area contributed by atoms with Crippen molar-refractivity contribution >= 4 is 15.9 Å². The molecule has 1 saturated carbocycles. The van der Waals surface area contributed by atoms with Crippen LogP contribution in [0.3, 0.4) is 0 Å². The fourth-order valence-corrected chi connectivity index (χ4v) is 2.76. The van der Waals surface area contributed by atoms with Crippen LogP contribution < -0.4 is 5.73 Å². The predicted molar refractivity (Wildman–Crippen MR) is 80.5 cm³/mol. The Morgan fingerprint density at radius 3 is 2.74 bits per heavy atom. The normalized spacial score (nSPS) is 16.9. The van der Waals surface area contributed by atoms with Crippen LogP contribution >= 0.6 is 15.9 Å². The first-order chi connectivity index (χ1) is 9.15. The minimum absolute atomic E-state index is 0.128. The number of nitrogens with zero attached hydrogens (tertiary/aromatic N) is 1. The molecule has 106 valence electrons. The molecular weight excluding hydrogens is 307 g/mol. The maximum absolute atomic E-state index is 13.7. The van der Waals surface area contributed by atoms with E-state index in [1.54, 1.807) is 12.1 Å². The highest BCUT2D eigenvalue weighted by atomic mass is 79.9. The number of halogens is 2. The smallest absolute Gasteiger partial charge is 0.137 e. The fraction of sp³-hybridized carbons (Fsp3) is 0.600. The Bertz CT molecular complexity index is 421. The van der Waals surface area contributed by atoms with Gasteiger partial charge >= 0.3 is 0 Å². The second kappa shape index (κ2) is 6.82. The molecule has 0 radical (unpaired) electrons. The fourth-order valence-electron chi connectivity index (χ4n) is 2.51. The van der Waals surface area contributed by atoms with Crippen LogP contribution in [0.1, 0.15) is 37.8 Å². The van der Waals surface area contributed by atoms with Crippen LogP contribution in [0.5, 0.6) is 0 Å². The Morgan fingerprint density at radius 1 is 1.47 bits per heavy atom. The van der Waals surface area contributed by atoms with E-state index >= 15 is 0 Å². The topological polar surface area (TPSA) is 29.3 Å². The molecule has 1 fully saturated rings. The quantitative estimate of drug-likeness (QED) is 0.826. The maximum Gasteiger partial charge on any atom is 0.137 e. The van der Waals surface area contributed by atoms with E-state index in [0.29, 0.717) is 11.0 Å². The predicted octanol–water partition coefficient (Wildman–Crippen LogP) is 3.71. The molecule has 0 heterocycles. The number of nitrogens with two attached hydrogens (primary N) is 1. The Labute approximate surface area is 123 Å². The standard InChI is InChI=1S/C15H22BrFN2/c1-2-7-19(10-11-3-4-11)15(9-18)12-5-6-13(16)14(17)8-12/h5-6,8,11,15H,2-4,7,9-10,18H2,1H3. The first-order valence-corrected chi connectivity index (χ1v) is 7.84. The van der Waals surface area contributed by atoms with E-state index in [9.17, 15) is 4.39 Å². The highest BCUT2D eigenvalue weighted by Gasteiger charge is 2.28. The van der Waals surface area contributed by atoms with Gasteiger partial charge in [0.25, 0.3) is 0 Å². The molecule has 0 saturated heterocycles. The van der Waals surface area contributed by atoms with Gasteiger partial charge in [0.15, 0.2) is 0 Å². The minimum atomic E-state index is -0.209. The van der Waals surface area contributed by atoms with Gasteiger partial charge in [-0.05, 0) is 65.4 Å². The van der Waals surface area contributed by atoms with Gasteiger partial charge in [0, 0.05) is 19.1 Å². The summed E-state index contributed by atoms with van der Waals surface area (Å²) in [4.78, 5) is 2.42. The molecule has 2 nitrogen and oxygen atoms in total. The zero-order valence-electron chi connectivity index (χ0n) is 11.4. The summed E-state index contributed by atoms with van der Waals surface area (Å²) in [5.74, 6) is 0.611. The number of hydrogen-bond acceptors (Lipinski definition) is 2. The molecule has 0 amide bonds. The van der Waals surface area contributed by atoms with Crippen molar-refractivity contribution in [1.82, 2.24) is 4.90 Å². The first kappa shape index (κ1) is 14.9. The Kier molecular flexibility index (Phi) is 5.37. The van der Waals surface area contributed by atoms with Crippen LogP contribution in [-0.4, -0.2) is 24.5 Å². The molecule has 1 atom stereocenters. The van der Waals surface area contributed by atoms with Gasteiger partial charge in [-0.1, -0.05) is 13.0 Å². The second-order valence-electron chi connectivity index (χ2n) is 5.36. The van der Waals surface area contributed by atoms with Gasteiger partial charge in [-0.2, -0.15) is 0 Å². The molecule has 2 N–H and O–H groups in total. The summed E-state index contributed by atoms with van der Waals surface area (Å²) in [6.07, 6.45) is 3.75. The lowest BCUT2D eigenvalue weighted by Crippen LogP contribution is -2.36. The van der Waals surface area contributed by atoms with Crippen LogP contribution in [-0.2, 0) is 0 Å². The summed E-state index contributed by atoms with van der Waals surface area (Å²) in [5.41, 5.74) is 6.93. The molecule has 1 aromatic rings. The van der Waals surface area contributed by atoms with Crippen LogP contribution in [0.15, 0.2) is 22.7 Å². The van der Waals surface area contributed by atoms with E-state index in [0.717, 1.165) is 31.0 Å². The van der Waals surface area contributed by atoms with Crippen LogP contribution in [0.4, 0.5) is 4.39 Å². The third kappa shape index (κ3) is 4.01. The van der Waals surface area contributed by atoms with E-state index in [4.69, 9.17) is 5.73 Å². The van der Waals surface area contributed by atoms with Gasteiger partial charge in [-0.3, -0.25) is 4.90 Å². The molecule has 4 heteroatoms. The zero-order chi connectivity index (χ0) is 13.8. The molecule has 0 spiro atoms. The van der Waals surface area contributed by atoms with Crippen molar-refractivity contribution < 1.29 is 4.39 Å². The third-order valence-electron chi connectivity index (χ3n) is 3.69. The molecular formula is C15H22BrFN2. The van der Waals surface area contributed by atoms with Gasteiger partial charge in [-0.15, -0.1) is 0 Å². The van der Waals surface area contributed by atoms with Gasteiger partial charge < -0.3 is 5.73 Å². The summed E-state index contributed by atoms with van der Waals surface area (Å²) in [6.45, 7) is 4.83. The highest BCUT2D eigenvalue weighted by Crippen LogP contribution is 2.33. The Hall–Kier alpha value is -0.450. The summed E-state index contributed by atoms with van der Waals surface area (Å²) >= 11 is 3.20. The Morgan fingerprint density at radius 2 is 2.21 bits per heavy atom. The van der Waals surface area contributed by atoms with Crippen LogP contribution in [0, 0.1) is 11.7 Å². The third-order valence-corrected chi connectivity index (χ3v) is 4.34. The summed E-state index contributed by atoms with van der Waals surface area (Å²) in [5, 5.41) is 0. The van der Waals surface area contributed by atoms with E-state index in [1.165, 1.54) is 12.8 Å². The monoisotopic (exact) mass is 328 g/mol. The largest absolute Gasteiger partial charge is 0.329 e. The molecule has 0 bridgehead atoms. The second-order valence-corrected chi connectivity index (χ2v) is 6.22. The van der Waals surface area contributed by atoms with Crippen molar-refractivity contribution in [3.05, 3.63) is 34.1 Å². The van der Waals surface area contributed by atoms with Crippen molar-refractivity contribution in [3.63, 3.8) is 0 Å². The summed E-state index contributed by atoms with van der Waals surface area (Å²) in [7, 11) is 0. The van der Waals surface area contributed by atoms with Crippen molar-refractivity contribution in [2.75, 3.05) is 19.6 Å². The molecule has 1 aliphatic rings. The summed E-state index contributed by atoms with van der Waals surface area (Å²) in [6, 6.07) is 5.48. The first-order valence-electron chi connectivity index (χ1n) is 7.04. The number of benzene rings is 1. The molecule has 0 aliphatic heterocycles. The SMILES string of the molecule is CCCN(CC1CC1)C(CN)c1ccc(Br)c(F)c1. The minimum Gasteiger partial charge on any atom is -0.329 e. The van der Waals surface area contributed by atoms with Crippen molar-refractivity contribution in [2.24, 2.45) is 11.7 Å². The van der Waals surface area contributed by atoms with Crippen molar-refractivity contribution in [1.29, 1.82) is 0 Å². The zero-order valence-corrected chi connectivity index (χ0v) is 13.0. The lowest BCUT2D eigenvalue weighted by Gasteiger charge is -2.31. The van der Waals surface area contributed by atoms with Crippen molar-refractivity contribution in [3.8, 4) is 0 Å². The average molecular weight is 329 g/mol. The van der Waals surface area contributed by atoms with Crippen LogP contribution in [0.25, 0.3) is 0 Å². The van der Waals surface area contributed by atoms with Crippen LogP contribution in [0.2, 0.25) is 0 Å². The highest BCUT2D eigenvalue weighted by molar-refractivity contribution is 9.10. The van der Waals surface area contributed by atoms with E-state index in [2.05, 4.69) is 27.8 Å². The molecule has 19 heavy (non-hydrogen) atoms. The average Bonchev–Trinajstić information content (AvgIpc) is 3.19. The Balaban J connectivity index is 2.16. The number of hydrogen-bond donors (Lipinski definition) is 1. The van der Waals surface area contributed by atoms with Gasteiger partial charge in [0.2, 0.25) is 0 Å². The molecule has 2 rings (SSSR count). The lowest BCUT2D eigenvalue weighted by atomic mass is 10.0. The van der Waals surface area contributed by atoms with E-state index < -0.39 is 0 Å². The van der Waals surface area contributed by atoms with Crippen molar-refractivity contribution in [2.45, 2.75) is 32.2 Å². The van der Waals surface area contributed by atoms with Gasteiger partial charge in [-0.25, -0.2) is 4.39 Å². The molecule has 1 aromatic carbocycles. The van der Waals surface area contributed by atoms with E-state index in [1.807, 2.05) is 6.07 Å². The maximum atomic E-state index is 13.7.